The van der Waals surface area contributed by atoms with Crippen LogP contribution >= 0.6 is 8.53 Å². The first-order valence-electron chi connectivity index (χ1n) is 11.2. The monoisotopic (exact) mass is 469 g/mol. The van der Waals surface area contributed by atoms with Crippen molar-refractivity contribution >= 4 is 8.53 Å². The minimum atomic E-state index is -1.42. The molecule has 0 N–H and O–H groups in total. The summed E-state index contributed by atoms with van der Waals surface area (Å²) in [6.07, 6.45) is 1.51. The molecule has 34 heavy (non-hydrogen) atoms. The van der Waals surface area contributed by atoms with Crippen LogP contribution in [0.1, 0.15) is 22.3 Å². The van der Waals surface area contributed by atoms with Gasteiger partial charge in [0.05, 0.1) is 0 Å². The van der Waals surface area contributed by atoms with Gasteiger partial charge in [-0.3, -0.25) is 0 Å². The van der Waals surface area contributed by atoms with Crippen LogP contribution in [0.3, 0.4) is 0 Å². The summed E-state index contributed by atoms with van der Waals surface area (Å²) < 4.78 is 27.3. The van der Waals surface area contributed by atoms with Crippen molar-refractivity contribution in [1.82, 2.24) is 4.67 Å². The second-order valence-corrected chi connectivity index (χ2v) is 10.1. The first-order chi connectivity index (χ1) is 16.7. The molecule has 6 rings (SSSR count). The zero-order valence-corrected chi connectivity index (χ0v) is 19.9. The number of hydrogen-bond acceptors (Lipinski definition) is 5. The van der Waals surface area contributed by atoms with Crippen molar-refractivity contribution < 1.29 is 18.5 Å². The van der Waals surface area contributed by atoms with Crippen LogP contribution in [0.5, 0.6) is 34.5 Å². The second kappa shape index (κ2) is 8.68. The lowest BCUT2D eigenvalue weighted by molar-refractivity contribution is 0.404. The average molecular weight is 469 g/mol. The molecule has 2 aliphatic rings. The highest BCUT2D eigenvalue weighted by atomic mass is 31.2. The minimum Gasteiger partial charge on any atom is -0.457 e. The quantitative estimate of drug-likeness (QED) is 0.247. The number of benzene rings is 4. The predicted molar refractivity (Wildman–Crippen MR) is 133 cm³/mol. The van der Waals surface area contributed by atoms with Crippen molar-refractivity contribution in [2.75, 3.05) is 14.1 Å². The Morgan fingerprint density at radius 3 is 1.50 bits per heavy atom. The highest BCUT2D eigenvalue weighted by Crippen LogP contribution is 2.50. The molecule has 4 aromatic rings. The van der Waals surface area contributed by atoms with Gasteiger partial charge in [0.2, 0.25) is 0 Å². The van der Waals surface area contributed by atoms with E-state index in [1.807, 2.05) is 91.6 Å². The van der Waals surface area contributed by atoms with E-state index in [-0.39, 0.29) is 0 Å². The zero-order valence-electron chi connectivity index (χ0n) is 19.0. The number of hydrogen-bond donors (Lipinski definition) is 0. The van der Waals surface area contributed by atoms with Gasteiger partial charge in [0.15, 0.2) is 0 Å². The molecule has 6 heteroatoms. The van der Waals surface area contributed by atoms with Crippen LogP contribution in [-0.4, -0.2) is 18.8 Å². The number of nitrogens with zero attached hydrogens (tertiary/aromatic N) is 1. The standard InChI is InChI=1S/C28H24NO4P/c1-29(2)34(32-27-15-7-13-25-21(27)17-19-9-3-5-11-23(19)30-25)33-28-16-8-14-26-22(28)18-20-10-4-6-12-24(20)31-26/h3-16H,17-18H2,1-2H3. The summed E-state index contributed by atoms with van der Waals surface area (Å²) >= 11 is 0. The molecule has 2 heterocycles. The van der Waals surface area contributed by atoms with E-state index in [4.69, 9.17) is 18.5 Å². The molecule has 0 unspecified atom stereocenters. The topological polar surface area (TPSA) is 40.2 Å². The fourth-order valence-electron chi connectivity index (χ4n) is 4.27. The maximum absolute atomic E-state index is 6.50. The van der Waals surface area contributed by atoms with E-state index in [1.54, 1.807) is 0 Å². The Hall–Kier alpha value is -3.53. The Morgan fingerprint density at radius 2 is 1.03 bits per heavy atom. The molecule has 4 aromatic carbocycles. The van der Waals surface area contributed by atoms with Crippen LogP contribution in [0.25, 0.3) is 0 Å². The van der Waals surface area contributed by atoms with Gasteiger partial charge < -0.3 is 18.5 Å². The molecular weight excluding hydrogens is 445 g/mol. The Kier molecular flexibility index (Phi) is 5.37. The number of rotatable bonds is 5. The van der Waals surface area contributed by atoms with Crippen molar-refractivity contribution in [3.05, 3.63) is 107 Å². The SMILES string of the molecule is CN(C)P(Oc1cccc2c1Cc1ccccc1O2)Oc1cccc2c1Cc1ccccc1O2. The summed E-state index contributed by atoms with van der Waals surface area (Å²) in [5.74, 6) is 5.00. The van der Waals surface area contributed by atoms with Crippen LogP contribution in [0.15, 0.2) is 84.9 Å². The van der Waals surface area contributed by atoms with Crippen molar-refractivity contribution in [3.63, 3.8) is 0 Å². The van der Waals surface area contributed by atoms with Crippen molar-refractivity contribution in [1.29, 1.82) is 0 Å². The van der Waals surface area contributed by atoms with Gasteiger partial charge in [0, 0.05) is 24.0 Å². The van der Waals surface area contributed by atoms with Crippen LogP contribution in [-0.2, 0) is 12.8 Å². The van der Waals surface area contributed by atoms with Crippen LogP contribution in [0.2, 0.25) is 0 Å². The molecule has 0 saturated carbocycles. The van der Waals surface area contributed by atoms with Gasteiger partial charge in [0.25, 0.3) is 0 Å². The van der Waals surface area contributed by atoms with Gasteiger partial charge in [-0.2, -0.15) is 0 Å². The maximum atomic E-state index is 6.50. The van der Waals surface area contributed by atoms with Gasteiger partial charge in [-0.15, -0.1) is 0 Å². The molecule has 0 fully saturated rings. The van der Waals surface area contributed by atoms with Crippen molar-refractivity contribution in [2.24, 2.45) is 0 Å². The molecule has 170 valence electrons. The number of para-hydroxylation sites is 2. The Balaban J connectivity index is 1.28. The lowest BCUT2D eigenvalue weighted by Gasteiger charge is -2.28. The van der Waals surface area contributed by atoms with Gasteiger partial charge >= 0.3 is 8.53 Å². The van der Waals surface area contributed by atoms with Crippen LogP contribution < -0.4 is 18.5 Å². The predicted octanol–water partition coefficient (Wildman–Crippen LogP) is 7.33. The summed E-state index contributed by atoms with van der Waals surface area (Å²) in [6, 6.07) is 28.1. The normalized spacial score (nSPS) is 13.2. The maximum Gasteiger partial charge on any atom is 0.384 e. The first kappa shape index (κ1) is 21.0. The van der Waals surface area contributed by atoms with E-state index in [9.17, 15) is 0 Å². The smallest absolute Gasteiger partial charge is 0.384 e. The Morgan fingerprint density at radius 1 is 0.588 bits per heavy atom. The third-order valence-corrected chi connectivity index (χ3v) is 7.34. The Bertz CT molecular complexity index is 1270. The molecule has 0 aromatic heterocycles. The fraction of sp³-hybridized carbons (Fsp3) is 0.143. The average Bonchev–Trinajstić information content (AvgIpc) is 2.86. The summed E-state index contributed by atoms with van der Waals surface area (Å²) in [7, 11) is 2.52. The summed E-state index contributed by atoms with van der Waals surface area (Å²) in [6.45, 7) is 0. The molecule has 0 spiro atoms. The van der Waals surface area contributed by atoms with Gasteiger partial charge in [-0.05, 0) is 61.6 Å². The molecule has 0 aliphatic carbocycles. The van der Waals surface area contributed by atoms with E-state index < -0.39 is 8.53 Å². The molecule has 2 aliphatic heterocycles. The molecule has 0 bridgehead atoms. The van der Waals surface area contributed by atoms with Crippen molar-refractivity contribution in [2.45, 2.75) is 12.8 Å². The zero-order chi connectivity index (χ0) is 23.1. The molecular formula is C28H24NO4P. The molecule has 5 nitrogen and oxygen atoms in total. The van der Waals surface area contributed by atoms with Gasteiger partial charge in [-0.1, -0.05) is 48.5 Å². The van der Waals surface area contributed by atoms with Crippen LogP contribution in [0, 0.1) is 0 Å². The van der Waals surface area contributed by atoms with Crippen molar-refractivity contribution in [3.8, 4) is 34.5 Å². The second-order valence-electron chi connectivity index (χ2n) is 8.51. The third-order valence-electron chi connectivity index (χ3n) is 5.98. The summed E-state index contributed by atoms with van der Waals surface area (Å²) in [5.41, 5.74) is 4.36. The van der Waals surface area contributed by atoms with E-state index >= 15 is 0 Å². The lowest BCUT2D eigenvalue weighted by atomic mass is 10.00. The number of ether oxygens (including phenoxy) is 2. The summed E-state index contributed by atoms with van der Waals surface area (Å²) in [4.78, 5) is 0. The lowest BCUT2D eigenvalue weighted by Crippen LogP contribution is -2.15. The summed E-state index contributed by atoms with van der Waals surface area (Å²) in [5, 5.41) is 0. The molecule has 0 atom stereocenters. The Labute approximate surface area is 200 Å². The third kappa shape index (κ3) is 3.87. The highest BCUT2D eigenvalue weighted by molar-refractivity contribution is 7.45. The molecule has 0 amide bonds. The largest absolute Gasteiger partial charge is 0.457 e. The van der Waals surface area contributed by atoms with E-state index in [0.29, 0.717) is 0 Å². The fourth-order valence-corrected chi connectivity index (χ4v) is 5.31. The molecule has 0 radical (unpaired) electrons. The molecule has 0 saturated heterocycles. The van der Waals surface area contributed by atoms with Gasteiger partial charge in [-0.25, -0.2) is 4.67 Å². The highest BCUT2D eigenvalue weighted by Gasteiger charge is 2.27. The van der Waals surface area contributed by atoms with E-state index in [0.717, 1.165) is 69.6 Å². The van der Waals surface area contributed by atoms with E-state index in [2.05, 4.69) is 12.1 Å². The number of fused-ring (bicyclic) bond motifs is 4. The first-order valence-corrected chi connectivity index (χ1v) is 12.4. The van der Waals surface area contributed by atoms with Gasteiger partial charge in [0.1, 0.15) is 34.5 Å². The van der Waals surface area contributed by atoms with E-state index in [1.165, 1.54) is 0 Å². The minimum absolute atomic E-state index is 0.754. The van der Waals surface area contributed by atoms with Crippen LogP contribution in [0.4, 0.5) is 0 Å².